The van der Waals surface area contributed by atoms with Crippen LogP contribution in [0, 0.1) is 13.8 Å². The van der Waals surface area contributed by atoms with E-state index in [0.29, 0.717) is 0 Å². The normalized spacial score (nSPS) is 12.9. The van der Waals surface area contributed by atoms with E-state index in [2.05, 4.69) is 18.9 Å². The van der Waals surface area contributed by atoms with Crippen molar-refractivity contribution in [2.75, 3.05) is 0 Å². The van der Waals surface area contributed by atoms with Crippen molar-refractivity contribution in [3.63, 3.8) is 0 Å². The molecule has 86 valence electrons. The molecular weight excluding hydrogens is 240 g/mol. The lowest BCUT2D eigenvalue weighted by molar-refractivity contribution is 0.771. The molecule has 2 heterocycles. The van der Waals surface area contributed by atoms with Gasteiger partial charge in [0.1, 0.15) is 0 Å². The predicted octanol–water partition coefficient (Wildman–Crippen LogP) is 3.29. The minimum absolute atomic E-state index is 0. The van der Waals surface area contributed by atoms with E-state index in [1.165, 1.54) is 33.0 Å². The second-order valence-electron chi connectivity index (χ2n) is 4.21. The molecule has 0 unspecified atom stereocenters. The van der Waals surface area contributed by atoms with Crippen molar-refractivity contribution in [2.24, 2.45) is 7.05 Å². The Bertz CT molecular complexity index is 539. The number of aryl methyl sites for hydroxylation is 4. The van der Waals surface area contributed by atoms with Crippen LogP contribution in [-0.4, -0.2) is 9.78 Å². The molecule has 3 rings (SSSR count). The van der Waals surface area contributed by atoms with Crippen molar-refractivity contribution < 1.29 is 0 Å². The monoisotopic (exact) mass is 254 g/mol. The second kappa shape index (κ2) is 3.90. The zero-order valence-electron chi connectivity index (χ0n) is 9.70. The van der Waals surface area contributed by atoms with Crippen molar-refractivity contribution in [1.29, 1.82) is 0 Å². The van der Waals surface area contributed by atoms with E-state index >= 15 is 0 Å². The molecule has 0 N–H and O–H groups in total. The number of halogens is 1. The predicted molar refractivity (Wildman–Crippen MR) is 70.7 cm³/mol. The van der Waals surface area contributed by atoms with E-state index in [0.717, 1.165) is 6.42 Å². The van der Waals surface area contributed by atoms with Crippen LogP contribution in [0.4, 0.5) is 0 Å². The Kier molecular flexibility index (Phi) is 2.84. The van der Waals surface area contributed by atoms with Crippen LogP contribution in [0.2, 0.25) is 0 Å². The Morgan fingerprint density at radius 2 is 2.00 bits per heavy atom. The minimum atomic E-state index is 0. The zero-order chi connectivity index (χ0) is 10.6. The van der Waals surface area contributed by atoms with Crippen LogP contribution < -0.4 is 0 Å². The lowest BCUT2D eigenvalue weighted by Gasteiger charge is -2.15. The Morgan fingerprint density at radius 1 is 1.25 bits per heavy atom. The van der Waals surface area contributed by atoms with Crippen molar-refractivity contribution in [3.05, 3.63) is 27.1 Å². The van der Waals surface area contributed by atoms with Crippen LogP contribution in [0.5, 0.6) is 0 Å². The maximum atomic E-state index is 4.37. The number of thiophene rings is 1. The van der Waals surface area contributed by atoms with Crippen LogP contribution in [0.3, 0.4) is 0 Å². The average molecular weight is 255 g/mol. The lowest BCUT2D eigenvalue weighted by Crippen LogP contribution is -2.05. The molecule has 0 fully saturated rings. The van der Waals surface area contributed by atoms with Gasteiger partial charge in [0, 0.05) is 22.4 Å². The number of rotatable bonds is 0. The molecule has 4 heteroatoms. The van der Waals surface area contributed by atoms with E-state index < -0.39 is 0 Å². The molecule has 1 aliphatic carbocycles. The van der Waals surface area contributed by atoms with Gasteiger partial charge in [0.15, 0.2) is 0 Å². The summed E-state index contributed by atoms with van der Waals surface area (Å²) in [7, 11) is 2.04. The number of hydrogen-bond donors (Lipinski definition) is 0. The second-order valence-corrected chi connectivity index (χ2v) is 5.64. The fourth-order valence-electron chi connectivity index (χ4n) is 2.59. The minimum Gasteiger partial charge on any atom is -0.268 e. The molecule has 16 heavy (non-hydrogen) atoms. The number of aromatic nitrogens is 2. The highest BCUT2D eigenvalue weighted by Crippen LogP contribution is 2.41. The molecule has 2 aromatic heterocycles. The summed E-state index contributed by atoms with van der Waals surface area (Å²) >= 11 is 1.92. The summed E-state index contributed by atoms with van der Waals surface area (Å²) in [6.45, 7) is 4.45. The highest BCUT2D eigenvalue weighted by molar-refractivity contribution is 7.12. The molecule has 0 radical (unpaired) electrons. The Labute approximate surface area is 106 Å². The van der Waals surface area contributed by atoms with Gasteiger partial charge in [0.25, 0.3) is 0 Å². The van der Waals surface area contributed by atoms with Gasteiger partial charge in [-0.05, 0) is 37.8 Å². The Hall–Kier alpha value is -0.800. The molecule has 2 aromatic rings. The smallest absolute Gasteiger partial charge is 0.0724 e. The third kappa shape index (κ3) is 1.42. The summed E-state index contributed by atoms with van der Waals surface area (Å²) in [6.07, 6.45) is 4.35. The van der Waals surface area contributed by atoms with Gasteiger partial charge in [0.05, 0.1) is 11.9 Å². The summed E-state index contributed by atoms with van der Waals surface area (Å²) in [5.74, 6) is 0. The maximum Gasteiger partial charge on any atom is 0.0724 e. The molecule has 0 amide bonds. The molecule has 0 aliphatic heterocycles. The molecule has 0 atom stereocenters. The van der Waals surface area contributed by atoms with Crippen LogP contribution in [0.25, 0.3) is 11.3 Å². The van der Waals surface area contributed by atoms with E-state index in [1.807, 2.05) is 29.3 Å². The topological polar surface area (TPSA) is 17.8 Å². The standard InChI is InChI=1S/C12H14N2S.ClH/c1-7-10-5-4-9-6-13-14(3)12(9)11(10)8(2)15-7;/h6H,4-5H2,1-3H3;1H. The van der Waals surface area contributed by atoms with Crippen molar-refractivity contribution >= 4 is 23.7 Å². The molecule has 1 aliphatic rings. The molecule has 0 aromatic carbocycles. The summed E-state index contributed by atoms with van der Waals surface area (Å²) in [4.78, 5) is 2.92. The van der Waals surface area contributed by atoms with Crippen LogP contribution >= 0.6 is 23.7 Å². The first-order valence-electron chi connectivity index (χ1n) is 5.28. The first-order valence-corrected chi connectivity index (χ1v) is 6.10. The van der Waals surface area contributed by atoms with Crippen molar-refractivity contribution in [2.45, 2.75) is 26.7 Å². The van der Waals surface area contributed by atoms with Gasteiger partial charge in [-0.1, -0.05) is 0 Å². The van der Waals surface area contributed by atoms with Crippen molar-refractivity contribution in [1.82, 2.24) is 9.78 Å². The maximum absolute atomic E-state index is 4.37. The summed E-state index contributed by atoms with van der Waals surface area (Å²) in [6, 6.07) is 0. The Morgan fingerprint density at radius 3 is 2.75 bits per heavy atom. The lowest BCUT2D eigenvalue weighted by atomic mass is 9.91. The van der Waals surface area contributed by atoms with Crippen LogP contribution in [-0.2, 0) is 19.9 Å². The molecule has 0 spiro atoms. The van der Waals surface area contributed by atoms with Crippen LogP contribution in [0.15, 0.2) is 6.20 Å². The largest absolute Gasteiger partial charge is 0.268 e. The Balaban J connectivity index is 0.000000963. The van der Waals surface area contributed by atoms with E-state index in [1.54, 1.807) is 5.56 Å². The molecule has 0 saturated carbocycles. The third-order valence-corrected chi connectivity index (χ3v) is 4.34. The van der Waals surface area contributed by atoms with Gasteiger partial charge in [-0.25, -0.2) is 0 Å². The fourth-order valence-corrected chi connectivity index (χ4v) is 3.70. The van der Waals surface area contributed by atoms with Gasteiger partial charge < -0.3 is 0 Å². The quantitative estimate of drug-likeness (QED) is 0.706. The highest BCUT2D eigenvalue weighted by Gasteiger charge is 2.24. The summed E-state index contributed by atoms with van der Waals surface area (Å²) in [5, 5.41) is 4.37. The van der Waals surface area contributed by atoms with Gasteiger partial charge >= 0.3 is 0 Å². The van der Waals surface area contributed by atoms with Gasteiger partial charge in [-0.15, -0.1) is 23.7 Å². The number of hydrogen-bond acceptors (Lipinski definition) is 2. The van der Waals surface area contributed by atoms with Crippen molar-refractivity contribution in [3.8, 4) is 11.3 Å². The van der Waals surface area contributed by atoms with E-state index in [9.17, 15) is 0 Å². The first-order chi connectivity index (χ1) is 7.18. The first kappa shape index (κ1) is 11.7. The zero-order valence-corrected chi connectivity index (χ0v) is 11.3. The summed E-state index contributed by atoms with van der Waals surface area (Å²) < 4.78 is 2.02. The molecule has 0 bridgehead atoms. The number of nitrogens with zero attached hydrogens (tertiary/aromatic N) is 2. The van der Waals surface area contributed by atoms with E-state index in [-0.39, 0.29) is 12.4 Å². The molecule has 0 saturated heterocycles. The molecular formula is C12H15ClN2S. The van der Waals surface area contributed by atoms with Gasteiger partial charge in [-0.3, -0.25) is 4.68 Å². The van der Waals surface area contributed by atoms with Gasteiger partial charge in [-0.2, -0.15) is 5.10 Å². The van der Waals surface area contributed by atoms with E-state index in [4.69, 9.17) is 0 Å². The average Bonchev–Trinajstić information content (AvgIpc) is 2.70. The molecule has 2 nitrogen and oxygen atoms in total. The fraction of sp³-hybridized carbons (Fsp3) is 0.417. The van der Waals surface area contributed by atoms with Crippen LogP contribution in [0.1, 0.15) is 20.9 Å². The highest BCUT2D eigenvalue weighted by atomic mass is 35.5. The third-order valence-electron chi connectivity index (χ3n) is 3.28. The SMILES string of the molecule is Cc1sc(C)c2c1CCc1cnn(C)c1-2.Cl. The van der Waals surface area contributed by atoms with Gasteiger partial charge in [0.2, 0.25) is 0 Å². The number of fused-ring (bicyclic) bond motifs is 3. The summed E-state index contributed by atoms with van der Waals surface area (Å²) in [5.41, 5.74) is 5.76.